The van der Waals surface area contributed by atoms with E-state index in [0.29, 0.717) is 24.5 Å². The van der Waals surface area contributed by atoms with Gasteiger partial charge in [0.2, 0.25) is 11.8 Å². The van der Waals surface area contributed by atoms with Crippen LogP contribution in [-0.2, 0) is 26.2 Å². The number of nitrogens with one attached hydrogen (secondary N) is 1. The van der Waals surface area contributed by atoms with Gasteiger partial charge in [0.05, 0.1) is 17.2 Å². The lowest BCUT2D eigenvalue weighted by Crippen LogP contribution is -2.54. The Morgan fingerprint density at radius 1 is 0.907 bits per heavy atom. The molecule has 0 unspecified atom stereocenters. The third kappa shape index (κ3) is 8.16. The highest BCUT2D eigenvalue weighted by molar-refractivity contribution is 7.92. The van der Waals surface area contributed by atoms with Crippen LogP contribution < -0.4 is 14.4 Å². The van der Waals surface area contributed by atoms with Crippen LogP contribution in [0.15, 0.2) is 83.8 Å². The molecule has 0 aromatic heterocycles. The summed E-state index contributed by atoms with van der Waals surface area (Å²) in [5.41, 5.74) is 2.26. The number of aryl methyl sites for hydroxylation is 1. The number of benzene rings is 3. The zero-order valence-corrected chi connectivity index (χ0v) is 26.2. The van der Waals surface area contributed by atoms with Gasteiger partial charge < -0.3 is 15.0 Å². The molecule has 3 aromatic carbocycles. The Morgan fingerprint density at radius 3 is 2.19 bits per heavy atom. The molecule has 8 nitrogen and oxygen atoms in total. The summed E-state index contributed by atoms with van der Waals surface area (Å²) in [4.78, 5) is 29.5. The van der Waals surface area contributed by atoms with Crippen LogP contribution in [0.3, 0.4) is 0 Å². The fourth-order valence-corrected chi connectivity index (χ4v) is 6.97. The minimum absolute atomic E-state index is 0.0418. The number of nitrogens with zero attached hydrogens (tertiary/aromatic N) is 2. The molecule has 0 heterocycles. The van der Waals surface area contributed by atoms with Crippen LogP contribution >= 0.6 is 0 Å². The Kier molecular flexibility index (Phi) is 11.2. The van der Waals surface area contributed by atoms with Gasteiger partial charge in [-0.3, -0.25) is 13.9 Å². The van der Waals surface area contributed by atoms with E-state index in [-0.39, 0.29) is 23.4 Å². The maximum atomic E-state index is 14.3. The van der Waals surface area contributed by atoms with Crippen LogP contribution in [0, 0.1) is 6.92 Å². The first-order valence-corrected chi connectivity index (χ1v) is 16.6. The van der Waals surface area contributed by atoms with Crippen molar-refractivity contribution in [2.75, 3.05) is 17.5 Å². The number of anilines is 1. The lowest BCUT2D eigenvalue weighted by molar-refractivity contribution is -0.140. The summed E-state index contributed by atoms with van der Waals surface area (Å²) in [5, 5.41) is 3.19. The van der Waals surface area contributed by atoms with Crippen molar-refractivity contribution in [2.45, 2.75) is 82.8 Å². The van der Waals surface area contributed by atoms with Crippen LogP contribution in [0.4, 0.5) is 5.69 Å². The molecule has 2 amide bonds. The number of para-hydroxylation sites is 1. The largest absolute Gasteiger partial charge is 0.494 e. The van der Waals surface area contributed by atoms with E-state index in [2.05, 4.69) is 5.32 Å². The van der Waals surface area contributed by atoms with Gasteiger partial charge in [-0.2, -0.15) is 0 Å². The predicted molar refractivity (Wildman–Crippen MR) is 169 cm³/mol. The second-order valence-electron chi connectivity index (χ2n) is 11.0. The zero-order valence-electron chi connectivity index (χ0n) is 25.4. The lowest BCUT2D eigenvalue weighted by Gasteiger charge is -2.34. The average molecular weight is 606 g/mol. The SMILES string of the molecule is CCOc1ccc(S(=O)(=O)N(CC(=O)N(Cc2ccccc2C)[C@@H](CC)C(=O)NC2CCCCC2)c2ccccc2)cc1. The third-order valence-electron chi connectivity index (χ3n) is 7.99. The Labute approximate surface area is 256 Å². The van der Waals surface area contributed by atoms with Crippen LogP contribution in [0.1, 0.15) is 63.5 Å². The second-order valence-corrected chi connectivity index (χ2v) is 12.8. The van der Waals surface area contributed by atoms with Gasteiger partial charge in [0.25, 0.3) is 10.0 Å². The highest BCUT2D eigenvalue weighted by Gasteiger charge is 2.34. The molecular formula is C34H43N3O5S. The maximum absolute atomic E-state index is 14.3. The molecule has 43 heavy (non-hydrogen) atoms. The van der Waals surface area contributed by atoms with Gasteiger partial charge in [-0.05, 0) is 80.6 Å². The van der Waals surface area contributed by atoms with E-state index in [1.165, 1.54) is 18.6 Å². The van der Waals surface area contributed by atoms with E-state index in [9.17, 15) is 18.0 Å². The fourth-order valence-electron chi connectivity index (χ4n) is 5.56. The Balaban J connectivity index is 1.68. The molecule has 1 atom stereocenters. The number of rotatable bonds is 13. The van der Waals surface area contributed by atoms with Crippen molar-refractivity contribution in [3.63, 3.8) is 0 Å². The molecule has 1 N–H and O–H groups in total. The van der Waals surface area contributed by atoms with Gasteiger partial charge in [-0.15, -0.1) is 0 Å². The van der Waals surface area contributed by atoms with Gasteiger partial charge in [-0.25, -0.2) is 8.42 Å². The molecular weight excluding hydrogens is 562 g/mol. The number of amides is 2. The first-order valence-electron chi connectivity index (χ1n) is 15.2. The van der Waals surface area contributed by atoms with Gasteiger partial charge in [0.15, 0.2) is 0 Å². The van der Waals surface area contributed by atoms with E-state index in [0.717, 1.165) is 41.1 Å². The van der Waals surface area contributed by atoms with E-state index < -0.39 is 28.5 Å². The molecule has 0 bridgehead atoms. The third-order valence-corrected chi connectivity index (χ3v) is 9.77. The highest BCUT2D eigenvalue weighted by atomic mass is 32.2. The summed E-state index contributed by atoms with van der Waals surface area (Å²) < 4.78 is 34.7. The molecule has 3 aromatic rings. The van der Waals surface area contributed by atoms with Crippen LogP contribution in [0.5, 0.6) is 5.75 Å². The minimum atomic E-state index is -4.14. The van der Waals surface area contributed by atoms with Crippen molar-refractivity contribution < 1.29 is 22.7 Å². The number of ether oxygens (including phenoxy) is 1. The summed E-state index contributed by atoms with van der Waals surface area (Å²) in [6.45, 7) is 5.89. The molecule has 0 aliphatic heterocycles. The minimum Gasteiger partial charge on any atom is -0.494 e. The number of sulfonamides is 1. The monoisotopic (exact) mass is 605 g/mol. The molecule has 4 rings (SSSR count). The molecule has 9 heteroatoms. The van der Waals surface area contributed by atoms with Crippen molar-refractivity contribution in [2.24, 2.45) is 0 Å². The van der Waals surface area contributed by atoms with Crippen molar-refractivity contribution in [1.29, 1.82) is 0 Å². The van der Waals surface area contributed by atoms with E-state index in [1.54, 1.807) is 47.4 Å². The highest BCUT2D eigenvalue weighted by Crippen LogP contribution is 2.26. The molecule has 0 radical (unpaired) electrons. The van der Waals surface area contributed by atoms with Crippen LogP contribution in [-0.4, -0.2) is 50.4 Å². The van der Waals surface area contributed by atoms with E-state index >= 15 is 0 Å². The summed E-state index contributed by atoms with van der Waals surface area (Å²) in [6, 6.07) is 21.8. The first kappa shape index (κ1) is 32.1. The average Bonchev–Trinajstić information content (AvgIpc) is 3.02. The smallest absolute Gasteiger partial charge is 0.264 e. The standard InChI is InChI=1S/C34H43N3O5S/c1-4-32(34(39)35-28-16-8-6-9-17-28)36(24-27-15-13-12-14-26(27)3)33(38)25-37(29-18-10-7-11-19-29)43(40,41)31-22-20-30(21-23-31)42-5-2/h7,10-15,18-23,28,32H,4-6,8-9,16-17,24-25H2,1-3H3,(H,35,39)/t32-/m0/s1. The number of carbonyl (C=O) groups excluding carboxylic acids is 2. The quantitative estimate of drug-likeness (QED) is 0.264. The van der Waals surface area contributed by atoms with Gasteiger partial charge in [-0.1, -0.05) is 68.7 Å². The maximum Gasteiger partial charge on any atom is 0.264 e. The van der Waals surface area contributed by atoms with Gasteiger partial charge in [0.1, 0.15) is 18.3 Å². The molecule has 0 spiro atoms. The Morgan fingerprint density at radius 2 is 1.56 bits per heavy atom. The van der Waals surface area contributed by atoms with Crippen molar-refractivity contribution >= 4 is 27.5 Å². The predicted octanol–water partition coefficient (Wildman–Crippen LogP) is 5.85. The van der Waals surface area contributed by atoms with Crippen molar-refractivity contribution in [1.82, 2.24) is 10.2 Å². The normalized spacial score (nSPS) is 14.5. The van der Waals surface area contributed by atoms with Crippen LogP contribution in [0.25, 0.3) is 0 Å². The second kappa shape index (κ2) is 15.0. The Hall–Kier alpha value is -3.85. The Bertz CT molecular complexity index is 1450. The van der Waals surface area contributed by atoms with Gasteiger partial charge in [0, 0.05) is 12.6 Å². The topological polar surface area (TPSA) is 96.0 Å². The summed E-state index contributed by atoms with van der Waals surface area (Å²) in [7, 11) is -4.14. The molecule has 1 aliphatic carbocycles. The van der Waals surface area contributed by atoms with E-state index in [1.807, 2.05) is 45.0 Å². The molecule has 230 valence electrons. The summed E-state index contributed by atoms with van der Waals surface area (Å²) in [6.07, 6.45) is 5.56. The van der Waals surface area contributed by atoms with Crippen LogP contribution in [0.2, 0.25) is 0 Å². The fraction of sp³-hybridized carbons (Fsp3) is 0.412. The number of carbonyl (C=O) groups is 2. The van der Waals surface area contributed by atoms with Gasteiger partial charge >= 0.3 is 0 Å². The number of hydrogen-bond acceptors (Lipinski definition) is 5. The molecule has 1 saturated carbocycles. The summed E-state index contributed by atoms with van der Waals surface area (Å²) in [5.74, 6) is -0.0906. The number of hydrogen-bond donors (Lipinski definition) is 1. The lowest BCUT2D eigenvalue weighted by atomic mass is 9.95. The van der Waals surface area contributed by atoms with Crippen molar-refractivity contribution in [3.8, 4) is 5.75 Å². The molecule has 1 fully saturated rings. The molecule has 0 saturated heterocycles. The van der Waals surface area contributed by atoms with E-state index in [4.69, 9.17) is 4.74 Å². The molecule has 1 aliphatic rings. The first-order chi connectivity index (χ1) is 20.7. The zero-order chi connectivity index (χ0) is 30.8. The summed E-state index contributed by atoms with van der Waals surface area (Å²) >= 11 is 0. The van der Waals surface area contributed by atoms with Crippen molar-refractivity contribution in [3.05, 3.63) is 90.0 Å².